The molecule has 0 aliphatic heterocycles. The molecule has 0 radical (unpaired) electrons. The van der Waals surface area contributed by atoms with Gasteiger partial charge in [-0.15, -0.1) is 0 Å². The minimum atomic E-state index is 0.637. The first-order valence-electron chi connectivity index (χ1n) is 10.5. The molecule has 3 aromatic carbocycles. The minimum absolute atomic E-state index is 0.637. The summed E-state index contributed by atoms with van der Waals surface area (Å²) in [5, 5.41) is 0. The SMILES string of the molecule is CCCc1cccc(Oc2ccc(CC(C)C(C)Cc3ccccc3)cc2)c1. The molecular weight excluding hydrogens is 340 g/mol. The van der Waals surface area contributed by atoms with Gasteiger partial charge in [-0.05, 0) is 72.1 Å². The maximum Gasteiger partial charge on any atom is 0.127 e. The molecule has 3 rings (SSSR count). The van der Waals surface area contributed by atoms with E-state index in [1.807, 2.05) is 6.07 Å². The lowest BCUT2D eigenvalue weighted by Gasteiger charge is -2.20. The normalized spacial score (nSPS) is 13.1. The lowest BCUT2D eigenvalue weighted by molar-refractivity contribution is 0.383. The number of benzene rings is 3. The highest BCUT2D eigenvalue weighted by atomic mass is 16.5. The highest BCUT2D eigenvalue weighted by molar-refractivity contribution is 5.35. The van der Waals surface area contributed by atoms with Crippen molar-refractivity contribution in [3.05, 3.63) is 95.6 Å². The van der Waals surface area contributed by atoms with Crippen molar-refractivity contribution in [3.8, 4) is 11.5 Å². The lowest BCUT2D eigenvalue weighted by Crippen LogP contribution is -2.13. The summed E-state index contributed by atoms with van der Waals surface area (Å²) in [6.45, 7) is 6.92. The molecular formula is C27H32O. The Morgan fingerprint density at radius 3 is 1.89 bits per heavy atom. The Labute approximate surface area is 170 Å². The van der Waals surface area contributed by atoms with Crippen molar-refractivity contribution in [2.24, 2.45) is 11.8 Å². The lowest BCUT2D eigenvalue weighted by atomic mass is 9.85. The van der Waals surface area contributed by atoms with Crippen molar-refractivity contribution in [3.63, 3.8) is 0 Å². The van der Waals surface area contributed by atoms with Crippen molar-refractivity contribution in [1.29, 1.82) is 0 Å². The molecule has 1 heteroatoms. The van der Waals surface area contributed by atoms with Gasteiger partial charge in [-0.2, -0.15) is 0 Å². The van der Waals surface area contributed by atoms with Crippen LogP contribution >= 0.6 is 0 Å². The van der Waals surface area contributed by atoms with Gasteiger partial charge in [0.15, 0.2) is 0 Å². The molecule has 0 bridgehead atoms. The zero-order valence-electron chi connectivity index (χ0n) is 17.4. The summed E-state index contributed by atoms with van der Waals surface area (Å²) < 4.78 is 6.05. The Balaban J connectivity index is 1.55. The Bertz CT molecular complexity index is 836. The van der Waals surface area contributed by atoms with E-state index in [0.29, 0.717) is 11.8 Å². The predicted octanol–water partition coefficient (Wildman–Crippen LogP) is 7.49. The van der Waals surface area contributed by atoms with Crippen LogP contribution in [0.3, 0.4) is 0 Å². The van der Waals surface area contributed by atoms with Crippen LogP contribution in [0.2, 0.25) is 0 Å². The van der Waals surface area contributed by atoms with E-state index in [1.54, 1.807) is 0 Å². The first-order chi connectivity index (χ1) is 13.6. The van der Waals surface area contributed by atoms with Gasteiger partial charge < -0.3 is 4.74 Å². The first kappa shape index (κ1) is 20.2. The van der Waals surface area contributed by atoms with Crippen molar-refractivity contribution in [2.75, 3.05) is 0 Å². The summed E-state index contributed by atoms with van der Waals surface area (Å²) >= 11 is 0. The van der Waals surface area contributed by atoms with Gasteiger partial charge in [0, 0.05) is 0 Å². The van der Waals surface area contributed by atoms with Crippen molar-refractivity contribution < 1.29 is 4.74 Å². The molecule has 28 heavy (non-hydrogen) atoms. The summed E-state index contributed by atoms with van der Waals surface area (Å²) in [4.78, 5) is 0. The molecule has 0 aromatic heterocycles. The van der Waals surface area contributed by atoms with E-state index in [0.717, 1.165) is 37.2 Å². The second kappa shape index (κ2) is 10.1. The smallest absolute Gasteiger partial charge is 0.127 e. The summed E-state index contributed by atoms with van der Waals surface area (Å²) in [6, 6.07) is 27.8. The van der Waals surface area contributed by atoms with Crippen molar-refractivity contribution in [2.45, 2.75) is 46.5 Å². The minimum Gasteiger partial charge on any atom is -0.457 e. The zero-order valence-corrected chi connectivity index (χ0v) is 17.4. The zero-order chi connectivity index (χ0) is 19.8. The second-order valence-corrected chi connectivity index (χ2v) is 7.99. The maximum absolute atomic E-state index is 6.05. The predicted molar refractivity (Wildman–Crippen MR) is 119 cm³/mol. The molecule has 0 fully saturated rings. The van der Waals surface area contributed by atoms with E-state index in [-0.39, 0.29) is 0 Å². The van der Waals surface area contributed by atoms with Crippen LogP contribution in [0.1, 0.15) is 43.9 Å². The molecule has 0 aliphatic carbocycles. The molecule has 0 amide bonds. The van der Waals surface area contributed by atoms with Crippen LogP contribution in [0, 0.1) is 11.8 Å². The molecule has 0 N–H and O–H groups in total. The van der Waals surface area contributed by atoms with Crippen LogP contribution in [-0.4, -0.2) is 0 Å². The highest BCUT2D eigenvalue weighted by Crippen LogP contribution is 2.25. The van der Waals surface area contributed by atoms with Gasteiger partial charge in [0.1, 0.15) is 11.5 Å². The van der Waals surface area contributed by atoms with E-state index in [4.69, 9.17) is 4.74 Å². The number of ether oxygens (including phenoxy) is 1. The molecule has 0 aliphatic rings. The van der Waals surface area contributed by atoms with E-state index < -0.39 is 0 Å². The number of hydrogen-bond acceptors (Lipinski definition) is 1. The fraction of sp³-hybridized carbons (Fsp3) is 0.333. The fourth-order valence-electron chi connectivity index (χ4n) is 3.64. The third-order valence-corrected chi connectivity index (χ3v) is 5.53. The van der Waals surface area contributed by atoms with Crippen LogP contribution in [0.4, 0.5) is 0 Å². The third kappa shape index (κ3) is 5.99. The van der Waals surface area contributed by atoms with Crippen LogP contribution in [0.5, 0.6) is 11.5 Å². The van der Waals surface area contributed by atoms with Gasteiger partial charge in [-0.3, -0.25) is 0 Å². The molecule has 3 aromatic rings. The van der Waals surface area contributed by atoms with Crippen LogP contribution < -0.4 is 4.74 Å². The summed E-state index contributed by atoms with van der Waals surface area (Å²) in [6.07, 6.45) is 4.48. The van der Waals surface area contributed by atoms with Gasteiger partial charge in [-0.1, -0.05) is 81.8 Å². The van der Waals surface area contributed by atoms with Gasteiger partial charge in [-0.25, -0.2) is 0 Å². The fourth-order valence-corrected chi connectivity index (χ4v) is 3.64. The number of aryl methyl sites for hydroxylation is 1. The van der Waals surface area contributed by atoms with Crippen LogP contribution in [0.25, 0.3) is 0 Å². The topological polar surface area (TPSA) is 9.23 Å². The number of rotatable bonds is 9. The Kier molecular flexibility index (Phi) is 7.31. The molecule has 0 saturated carbocycles. The molecule has 146 valence electrons. The first-order valence-corrected chi connectivity index (χ1v) is 10.5. The Morgan fingerprint density at radius 2 is 1.25 bits per heavy atom. The van der Waals surface area contributed by atoms with Gasteiger partial charge >= 0.3 is 0 Å². The van der Waals surface area contributed by atoms with E-state index in [2.05, 4.69) is 93.6 Å². The highest BCUT2D eigenvalue weighted by Gasteiger charge is 2.13. The van der Waals surface area contributed by atoms with Crippen LogP contribution in [0.15, 0.2) is 78.9 Å². The van der Waals surface area contributed by atoms with E-state index >= 15 is 0 Å². The van der Waals surface area contributed by atoms with Gasteiger partial charge in [0.05, 0.1) is 0 Å². The van der Waals surface area contributed by atoms with Gasteiger partial charge in [0.25, 0.3) is 0 Å². The molecule has 2 unspecified atom stereocenters. The van der Waals surface area contributed by atoms with Crippen LogP contribution in [-0.2, 0) is 19.3 Å². The number of hydrogen-bond donors (Lipinski definition) is 0. The molecule has 0 spiro atoms. The monoisotopic (exact) mass is 372 g/mol. The second-order valence-electron chi connectivity index (χ2n) is 7.99. The maximum atomic E-state index is 6.05. The average molecular weight is 373 g/mol. The van der Waals surface area contributed by atoms with E-state index in [1.165, 1.54) is 16.7 Å². The van der Waals surface area contributed by atoms with Gasteiger partial charge in [0.2, 0.25) is 0 Å². The summed E-state index contributed by atoms with van der Waals surface area (Å²) in [5.41, 5.74) is 4.13. The summed E-state index contributed by atoms with van der Waals surface area (Å²) in [7, 11) is 0. The summed E-state index contributed by atoms with van der Waals surface area (Å²) in [5.74, 6) is 3.11. The largest absolute Gasteiger partial charge is 0.457 e. The molecule has 1 nitrogen and oxygen atoms in total. The molecule has 2 atom stereocenters. The molecule has 0 saturated heterocycles. The Morgan fingerprint density at radius 1 is 0.643 bits per heavy atom. The standard InChI is InChI=1S/C27H32O/c1-4-9-23-12-8-13-27(20-23)28-26-16-14-25(15-17-26)19-22(3)21(2)18-24-10-6-5-7-11-24/h5-8,10-17,20-22H,4,9,18-19H2,1-3H3. The molecule has 0 heterocycles. The van der Waals surface area contributed by atoms with Crippen molar-refractivity contribution >= 4 is 0 Å². The average Bonchev–Trinajstić information content (AvgIpc) is 2.71. The quantitative estimate of drug-likeness (QED) is 0.378. The van der Waals surface area contributed by atoms with E-state index in [9.17, 15) is 0 Å². The Hall–Kier alpha value is -2.54. The van der Waals surface area contributed by atoms with Crippen molar-refractivity contribution in [1.82, 2.24) is 0 Å². The third-order valence-electron chi connectivity index (χ3n) is 5.53.